The van der Waals surface area contributed by atoms with Gasteiger partial charge in [0, 0.05) is 0 Å². The highest BCUT2D eigenvalue weighted by molar-refractivity contribution is 5.89. The third kappa shape index (κ3) is 2.28. The van der Waals surface area contributed by atoms with Crippen LogP contribution in [0.25, 0.3) is 11.1 Å². The minimum Gasteiger partial charge on any atom is -0.478 e. The Hall–Kier alpha value is -2.09. The first-order valence-corrected chi connectivity index (χ1v) is 5.08. The van der Waals surface area contributed by atoms with Crippen LogP contribution in [0.5, 0.6) is 0 Å². The number of carboxylic acid groups (broad SMARTS) is 1. The molecule has 0 saturated carbocycles. The average Bonchev–Trinajstić information content (AvgIpc) is 2.87. The topological polar surface area (TPSA) is 37.3 Å². The van der Waals surface area contributed by atoms with Crippen LogP contribution in [0, 0.1) is 6.92 Å². The van der Waals surface area contributed by atoms with Crippen LogP contribution in [0.3, 0.4) is 0 Å². The summed E-state index contributed by atoms with van der Waals surface area (Å²) in [6.45, 7) is 1.78. The van der Waals surface area contributed by atoms with Gasteiger partial charge in [-0.25, -0.2) is 4.79 Å². The molecule has 0 radical (unpaired) electrons. The quantitative estimate of drug-likeness (QED) is 0.671. The fraction of sp³-hybridized carbons (Fsp3) is 0.0714. The molecule has 3 rings (SSSR count). The van der Waals surface area contributed by atoms with Crippen molar-refractivity contribution in [3.05, 3.63) is 59.7 Å². The van der Waals surface area contributed by atoms with Gasteiger partial charge in [0.05, 0.1) is 5.56 Å². The molecule has 0 atom stereocenters. The number of hydrogen-bond donors (Lipinski definition) is 1. The molecule has 0 heterocycles. The van der Waals surface area contributed by atoms with Gasteiger partial charge in [0.2, 0.25) is 0 Å². The number of aryl methyl sites for hydroxylation is 1. The minimum atomic E-state index is -0.863. The zero-order valence-corrected chi connectivity index (χ0v) is 8.97. The van der Waals surface area contributed by atoms with Gasteiger partial charge in [0.25, 0.3) is 0 Å². The molecule has 80 valence electrons. The number of hydrogen-bond acceptors (Lipinski definition) is 1. The van der Waals surface area contributed by atoms with Crippen LogP contribution >= 0.6 is 0 Å². The minimum absolute atomic E-state index is 0.377. The Morgan fingerprint density at radius 3 is 1.94 bits per heavy atom. The van der Waals surface area contributed by atoms with E-state index in [4.69, 9.17) is 5.11 Å². The van der Waals surface area contributed by atoms with Gasteiger partial charge in [-0.15, -0.1) is 0 Å². The van der Waals surface area contributed by atoms with Crippen molar-refractivity contribution in [2.24, 2.45) is 0 Å². The molecule has 1 aromatic rings. The average molecular weight is 212 g/mol. The molecule has 0 bridgehead atoms. The largest absolute Gasteiger partial charge is 0.478 e. The summed E-state index contributed by atoms with van der Waals surface area (Å²) < 4.78 is 0. The summed E-state index contributed by atoms with van der Waals surface area (Å²) in [7, 11) is 0. The maximum absolute atomic E-state index is 10.4. The summed E-state index contributed by atoms with van der Waals surface area (Å²) in [5.41, 5.74) is 4.03. The van der Waals surface area contributed by atoms with Crippen molar-refractivity contribution >= 4 is 5.97 Å². The van der Waals surface area contributed by atoms with Crippen LogP contribution in [0.1, 0.15) is 15.9 Å². The van der Waals surface area contributed by atoms with E-state index in [0.717, 1.165) is 5.56 Å². The molecular weight excluding hydrogens is 200 g/mol. The highest BCUT2D eigenvalue weighted by Gasteiger charge is 2.07. The van der Waals surface area contributed by atoms with E-state index < -0.39 is 5.97 Å². The van der Waals surface area contributed by atoms with Crippen molar-refractivity contribution in [2.45, 2.75) is 6.92 Å². The Morgan fingerprint density at radius 2 is 1.62 bits per heavy atom. The molecule has 2 nitrogen and oxygen atoms in total. The molecule has 1 aromatic carbocycles. The van der Waals surface area contributed by atoms with E-state index in [1.165, 1.54) is 11.1 Å². The lowest BCUT2D eigenvalue weighted by Gasteiger charge is -1.96. The van der Waals surface area contributed by atoms with Crippen molar-refractivity contribution in [2.75, 3.05) is 0 Å². The summed E-state index contributed by atoms with van der Waals surface area (Å²) in [5.74, 6) is -0.863. The van der Waals surface area contributed by atoms with E-state index in [9.17, 15) is 4.79 Å². The van der Waals surface area contributed by atoms with E-state index in [-0.39, 0.29) is 0 Å². The van der Waals surface area contributed by atoms with Gasteiger partial charge in [-0.1, -0.05) is 36.4 Å². The lowest BCUT2D eigenvalue weighted by atomic mass is 10.1. The van der Waals surface area contributed by atoms with E-state index in [0.29, 0.717) is 5.56 Å². The lowest BCUT2D eigenvalue weighted by molar-refractivity contribution is 0.0696. The Bertz CT molecular complexity index is 513. The van der Waals surface area contributed by atoms with Crippen molar-refractivity contribution in [3.63, 3.8) is 0 Å². The predicted octanol–water partition coefficient (Wildman–Crippen LogP) is 3.36. The van der Waals surface area contributed by atoms with E-state index in [1.54, 1.807) is 25.1 Å². The molecule has 0 amide bonds. The van der Waals surface area contributed by atoms with E-state index in [2.05, 4.69) is 24.3 Å². The van der Waals surface area contributed by atoms with Crippen molar-refractivity contribution in [1.82, 2.24) is 0 Å². The molecule has 0 saturated heterocycles. The third-order valence-corrected chi connectivity index (χ3v) is 2.49. The molecule has 0 fully saturated rings. The fourth-order valence-corrected chi connectivity index (χ4v) is 1.49. The van der Waals surface area contributed by atoms with Crippen LogP contribution in [0.15, 0.2) is 48.5 Å². The maximum Gasteiger partial charge on any atom is 0.335 e. The summed E-state index contributed by atoms with van der Waals surface area (Å²) >= 11 is 0. The molecule has 2 aliphatic rings. The first kappa shape index (κ1) is 10.4. The Labute approximate surface area is 94.2 Å². The van der Waals surface area contributed by atoms with E-state index >= 15 is 0 Å². The number of benzene rings is 2. The van der Waals surface area contributed by atoms with Gasteiger partial charge in [-0.2, -0.15) is 0 Å². The highest BCUT2D eigenvalue weighted by atomic mass is 16.4. The normalized spacial score (nSPS) is 10.1. The third-order valence-electron chi connectivity index (χ3n) is 2.49. The smallest absolute Gasteiger partial charge is 0.335 e. The SMILES string of the molecule is Cc1ccccc1C(=O)O.c1cc2cc-2c1. The number of carbonyl (C=O) groups is 1. The monoisotopic (exact) mass is 212 g/mol. The van der Waals surface area contributed by atoms with Gasteiger partial charge >= 0.3 is 5.97 Å². The van der Waals surface area contributed by atoms with Gasteiger partial charge < -0.3 is 5.11 Å². The van der Waals surface area contributed by atoms with Gasteiger partial charge in [0.15, 0.2) is 0 Å². The zero-order chi connectivity index (χ0) is 11.5. The second-order valence-corrected chi connectivity index (χ2v) is 3.70. The molecule has 0 unspecified atom stereocenters. The Balaban J connectivity index is 0.000000134. The Morgan fingerprint density at radius 1 is 1.00 bits per heavy atom. The molecule has 0 aromatic heterocycles. The number of aromatic carboxylic acids is 1. The standard InChI is InChI=1S/C8H8O2.C6H4/c1-6-4-2-3-5-7(6)8(9)10;1-2-5-4-6(5)3-1/h2-5H,1H3,(H,9,10);1-4H. The molecular formula is C14H12O2. The van der Waals surface area contributed by atoms with Crippen molar-refractivity contribution < 1.29 is 9.90 Å². The molecule has 1 N–H and O–H groups in total. The van der Waals surface area contributed by atoms with E-state index in [1.807, 2.05) is 6.07 Å². The summed E-state index contributed by atoms with van der Waals surface area (Å²) in [6, 6.07) is 15.4. The van der Waals surface area contributed by atoms with Crippen LogP contribution in [-0.2, 0) is 0 Å². The molecule has 16 heavy (non-hydrogen) atoms. The second-order valence-electron chi connectivity index (χ2n) is 3.70. The first-order chi connectivity index (χ1) is 7.68. The summed E-state index contributed by atoms with van der Waals surface area (Å²) in [6.07, 6.45) is 0. The van der Waals surface area contributed by atoms with Crippen molar-refractivity contribution in [1.29, 1.82) is 0 Å². The van der Waals surface area contributed by atoms with Crippen LogP contribution in [-0.4, -0.2) is 11.1 Å². The maximum atomic E-state index is 10.4. The number of rotatable bonds is 1. The summed E-state index contributed by atoms with van der Waals surface area (Å²) in [4.78, 5) is 10.4. The van der Waals surface area contributed by atoms with Crippen molar-refractivity contribution in [3.8, 4) is 11.1 Å². The Kier molecular flexibility index (Phi) is 2.73. The predicted molar refractivity (Wildman–Crippen MR) is 63.6 cm³/mol. The number of fused-ring (bicyclic) bond motifs is 1. The molecule has 2 aliphatic carbocycles. The van der Waals surface area contributed by atoms with Crippen LogP contribution < -0.4 is 0 Å². The van der Waals surface area contributed by atoms with Crippen LogP contribution in [0.4, 0.5) is 0 Å². The van der Waals surface area contributed by atoms with Gasteiger partial charge in [-0.3, -0.25) is 0 Å². The molecule has 0 aliphatic heterocycles. The first-order valence-electron chi connectivity index (χ1n) is 5.08. The summed E-state index contributed by atoms with van der Waals surface area (Å²) in [5, 5.41) is 8.57. The van der Waals surface area contributed by atoms with Gasteiger partial charge in [0.1, 0.15) is 0 Å². The fourth-order valence-electron chi connectivity index (χ4n) is 1.49. The van der Waals surface area contributed by atoms with Crippen LogP contribution in [0.2, 0.25) is 0 Å². The number of carboxylic acids is 1. The highest BCUT2D eigenvalue weighted by Crippen LogP contribution is 2.32. The molecule has 2 heteroatoms. The zero-order valence-electron chi connectivity index (χ0n) is 8.97. The lowest BCUT2D eigenvalue weighted by Crippen LogP contribution is -1.97. The second kappa shape index (κ2) is 4.19. The molecule has 0 spiro atoms. The van der Waals surface area contributed by atoms with Gasteiger partial charge in [-0.05, 0) is 35.7 Å².